The molecule has 0 spiro atoms. The molecule has 9 nitrogen and oxygen atoms in total. The summed E-state index contributed by atoms with van der Waals surface area (Å²) < 4.78 is 6.66. The number of aromatic carboxylic acids is 1. The number of hydrogen-bond acceptors (Lipinski definition) is 6. The number of carbonyl (C=O) groups excluding carboxylic acids is 2. The van der Waals surface area contributed by atoms with E-state index in [1.165, 1.54) is 40.8 Å². The molecule has 2 amide bonds. The summed E-state index contributed by atoms with van der Waals surface area (Å²) >= 11 is 1.31. The van der Waals surface area contributed by atoms with Crippen LogP contribution in [0.5, 0.6) is 0 Å². The van der Waals surface area contributed by atoms with Crippen LogP contribution in [0.4, 0.5) is 10.5 Å². The Bertz CT molecular complexity index is 1180. The monoisotopic (exact) mass is 480 g/mol. The Morgan fingerprint density at radius 1 is 1.09 bits per heavy atom. The maximum Gasteiger partial charge on any atom is 0.407 e. The number of nitrogens with zero attached hydrogens (tertiary/aromatic N) is 2. The molecule has 0 saturated carbocycles. The first kappa shape index (κ1) is 23.4. The highest BCUT2D eigenvalue weighted by molar-refractivity contribution is 7.99. The van der Waals surface area contributed by atoms with Crippen LogP contribution in [-0.4, -0.2) is 57.5 Å². The van der Waals surface area contributed by atoms with Gasteiger partial charge in [0, 0.05) is 25.3 Å². The summed E-state index contributed by atoms with van der Waals surface area (Å²) in [4.78, 5) is 35.5. The van der Waals surface area contributed by atoms with Gasteiger partial charge in [-0.2, -0.15) is 16.9 Å². The van der Waals surface area contributed by atoms with Gasteiger partial charge in [0.2, 0.25) is 5.91 Å². The zero-order chi connectivity index (χ0) is 24.1. The fraction of sp³-hybridized carbons (Fsp3) is 0.250. The summed E-state index contributed by atoms with van der Waals surface area (Å²) in [6, 6.07) is 16.3. The molecule has 0 fully saturated rings. The van der Waals surface area contributed by atoms with Crippen LogP contribution >= 0.6 is 11.8 Å². The first-order chi connectivity index (χ1) is 16.5. The molecule has 3 aromatic rings. The third-order valence-corrected chi connectivity index (χ3v) is 6.47. The van der Waals surface area contributed by atoms with Gasteiger partial charge in [0.15, 0.2) is 5.69 Å². The van der Waals surface area contributed by atoms with Crippen LogP contribution in [0.2, 0.25) is 0 Å². The number of fused-ring (bicyclic) bond motifs is 3. The maximum absolute atomic E-state index is 12.2. The fourth-order valence-electron chi connectivity index (χ4n) is 4.01. The number of ether oxygens (including phenoxy) is 1. The smallest absolute Gasteiger partial charge is 0.407 e. The van der Waals surface area contributed by atoms with Crippen molar-refractivity contribution in [2.45, 2.75) is 5.92 Å². The minimum atomic E-state index is -1.17. The van der Waals surface area contributed by atoms with Crippen LogP contribution in [0.3, 0.4) is 0 Å². The van der Waals surface area contributed by atoms with Crippen molar-refractivity contribution in [3.63, 3.8) is 0 Å². The molecule has 1 aliphatic rings. The number of carboxylic acids is 1. The highest BCUT2D eigenvalue weighted by atomic mass is 32.2. The normalized spacial score (nSPS) is 12.0. The molecule has 1 aromatic heterocycles. The molecule has 0 bridgehead atoms. The van der Waals surface area contributed by atoms with Crippen molar-refractivity contribution < 1.29 is 24.2 Å². The Hall–Kier alpha value is -3.79. The molecule has 0 aliphatic heterocycles. The lowest BCUT2D eigenvalue weighted by Crippen LogP contribution is -2.28. The van der Waals surface area contributed by atoms with E-state index >= 15 is 0 Å². The molecule has 0 radical (unpaired) electrons. The van der Waals surface area contributed by atoms with E-state index in [0.29, 0.717) is 12.3 Å². The number of amides is 2. The zero-order valence-corrected chi connectivity index (χ0v) is 19.3. The van der Waals surface area contributed by atoms with Gasteiger partial charge in [-0.1, -0.05) is 48.5 Å². The average molecular weight is 481 g/mol. The molecular formula is C24H24N4O5S. The number of benzene rings is 2. The summed E-state index contributed by atoms with van der Waals surface area (Å²) in [6.45, 7) is 0.578. The van der Waals surface area contributed by atoms with E-state index in [9.17, 15) is 19.5 Å². The number of rotatable bonds is 9. The number of alkyl carbamates (subject to hydrolysis) is 1. The number of carboxylic acid groups (broad SMARTS) is 1. The van der Waals surface area contributed by atoms with Crippen molar-refractivity contribution >= 4 is 35.4 Å². The van der Waals surface area contributed by atoms with E-state index in [0.717, 1.165) is 11.1 Å². The third-order valence-electron chi connectivity index (χ3n) is 5.51. The van der Waals surface area contributed by atoms with Crippen LogP contribution in [-0.2, 0) is 16.6 Å². The Morgan fingerprint density at radius 2 is 1.74 bits per heavy atom. The standard InChI is InChI=1S/C24H24N4O5S/c1-28-22(23(30)31)20(12-26-28)27-21(29)14-34-11-10-25-24(32)33-13-19-17-8-4-2-6-15(17)16-7-3-5-9-18(16)19/h2-9,12,19H,10-11,13-14H2,1H3,(H,25,32)(H,27,29)(H,30,31). The average Bonchev–Trinajstić information content (AvgIpc) is 3.35. The predicted octanol–water partition coefficient (Wildman–Crippen LogP) is 3.33. The second-order valence-electron chi connectivity index (χ2n) is 7.69. The van der Waals surface area contributed by atoms with Crippen molar-refractivity contribution in [2.24, 2.45) is 7.05 Å². The first-order valence-electron chi connectivity index (χ1n) is 10.7. The Morgan fingerprint density at radius 3 is 2.38 bits per heavy atom. The van der Waals surface area contributed by atoms with Gasteiger partial charge in [-0.15, -0.1) is 0 Å². The number of aryl methyl sites for hydroxylation is 1. The number of thioether (sulfide) groups is 1. The quantitative estimate of drug-likeness (QED) is 0.402. The summed E-state index contributed by atoms with van der Waals surface area (Å²) in [6.07, 6.45) is 0.790. The number of hydrogen-bond donors (Lipinski definition) is 3. The summed E-state index contributed by atoms with van der Waals surface area (Å²) in [5, 5.41) is 18.3. The number of nitrogens with one attached hydrogen (secondary N) is 2. The lowest BCUT2D eigenvalue weighted by molar-refractivity contribution is -0.113. The molecule has 4 rings (SSSR count). The van der Waals surface area contributed by atoms with Crippen molar-refractivity contribution in [3.8, 4) is 11.1 Å². The lowest BCUT2D eigenvalue weighted by atomic mass is 9.98. The van der Waals surface area contributed by atoms with E-state index in [4.69, 9.17) is 4.74 Å². The van der Waals surface area contributed by atoms with Gasteiger partial charge in [0.05, 0.1) is 17.6 Å². The van der Waals surface area contributed by atoms with Crippen molar-refractivity contribution in [3.05, 3.63) is 71.5 Å². The highest BCUT2D eigenvalue weighted by Gasteiger charge is 2.29. The third kappa shape index (κ3) is 5.07. The molecule has 10 heteroatoms. The van der Waals surface area contributed by atoms with Gasteiger partial charge in [-0.05, 0) is 22.3 Å². The van der Waals surface area contributed by atoms with Crippen LogP contribution in [0.1, 0.15) is 27.5 Å². The molecule has 1 aliphatic carbocycles. The Labute approximate surface area is 200 Å². The van der Waals surface area contributed by atoms with E-state index in [1.54, 1.807) is 0 Å². The van der Waals surface area contributed by atoms with Gasteiger partial charge < -0.3 is 20.5 Å². The van der Waals surface area contributed by atoms with Crippen LogP contribution in [0, 0.1) is 0 Å². The fourth-order valence-corrected chi connectivity index (χ4v) is 4.66. The first-order valence-corrected chi connectivity index (χ1v) is 11.8. The van der Waals surface area contributed by atoms with Gasteiger partial charge in [0.1, 0.15) is 6.61 Å². The molecular weight excluding hydrogens is 456 g/mol. The number of anilines is 1. The molecule has 176 valence electrons. The molecule has 0 atom stereocenters. The maximum atomic E-state index is 12.2. The molecule has 0 saturated heterocycles. The van der Waals surface area contributed by atoms with Crippen LogP contribution in [0.25, 0.3) is 11.1 Å². The second-order valence-corrected chi connectivity index (χ2v) is 8.79. The Kier molecular flexibility index (Phi) is 7.17. The van der Waals surface area contributed by atoms with E-state index in [-0.39, 0.29) is 35.6 Å². The molecule has 2 aromatic carbocycles. The minimum Gasteiger partial charge on any atom is -0.476 e. The largest absolute Gasteiger partial charge is 0.476 e. The molecule has 34 heavy (non-hydrogen) atoms. The predicted molar refractivity (Wildman–Crippen MR) is 129 cm³/mol. The molecule has 3 N–H and O–H groups in total. The van der Waals surface area contributed by atoms with Crippen molar-refractivity contribution in [1.29, 1.82) is 0 Å². The molecule has 0 unspecified atom stereocenters. The highest BCUT2D eigenvalue weighted by Crippen LogP contribution is 2.44. The van der Waals surface area contributed by atoms with Gasteiger partial charge in [-0.25, -0.2) is 9.59 Å². The summed E-state index contributed by atoms with van der Waals surface area (Å²) in [7, 11) is 1.49. The van der Waals surface area contributed by atoms with Gasteiger partial charge in [0.25, 0.3) is 0 Å². The topological polar surface area (TPSA) is 123 Å². The SMILES string of the molecule is Cn1ncc(NC(=O)CSCCNC(=O)OCC2c3ccccc3-c3ccccc32)c1C(=O)O. The Balaban J connectivity index is 1.18. The van der Waals surface area contributed by atoms with E-state index in [1.807, 2.05) is 24.3 Å². The van der Waals surface area contributed by atoms with Gasteiger partial charge in [-0.3, -0.25) is 9.48 Å². The van der Waals surface area contributed by atoms with Crippen molar-refractivity contribution in [2.75, 3.05) is 30.0 Å². The van der Waals surface area contributed by atoms with E-state index in [2.05, 4.69) is 40.0 Å². The summed E-state index contributed by atoms with van der Waals surface area (Å²) in [5.41, 5.74) is 4.70. The minimum absolute atomic E-state index is 0.000564. The lowest BCUT2D eigenvalue weighted by Gasteiger charge is -2.14. The van der Waals surface area contributed by atoms with Crippen LogP contribution in [0.15, 0.2) is 54.7 Å². The summed E-state index contributed by atoms with van der Waals surface area (Å²) in [5.74, 6) is -0.909. The second kappa shape index (κ2) is 10.4. The van der Waals surface area contributed by atoms with Gasteiger partial charge >= 0.3 is 12.1 Å². The van der Waals surface area contributed by atoms with E-state index < -0.39 is 12.1 Å². The van der Waals surface area contributed by atoms with Crippen molar-refractivity contribution in [1.82, 2.24) is 15.1 Å². The number of aromatic nitrogens is 2. The zero-order valence-electron chi connectivity index (χ0n) is 18.5. The van der Waals surface area contributed by atoms with Crippen LogP contribution < -0.4 is 10.6 Å². The molecule has 1 heterocycles. The number of carbonyl (C=O) groups is 3.